The molecule has 2 N–H and O–H groups in total. The largest absolute Gasteiger partial charge is 0.324 e. The van der Waals surface area contributed by atoms with Crippen LogP contribution in [-0.2, 0) is 4.79 Å². The highest BCUT2D eigenvalue weighted by atomic mass is 35.5. The highest BCUT2D eigenvalue weighted by Gasteiger charge is 2.32. The van der Waals surface area contributed by atoms with E-state index < -0.39 is 0 Å². The van der Waals surface area contributed by atoms with Gasteiger partial charge in [0.15, 0.2) is 6.04 Å². The average molecular weight is 330 g/mol. The van der Waals surface area contributed by atoms with E-state index in [1.54, 1.807) is 18.2 Å². The predicted octanol–water partition coefficient (Wildman–Crippen LogP) is 2.88. The third-order valence-electron chi connectivity index (χ3n) is 4.22. The first-order valence-corrected chi connectivity index (χ1v) is 8.23. The normalized spacial score (nSPS) is 27.2. The van der Waals surface area contributed by atoms with Gasteiger partial charge in [-0.15, -0.1) is 0 Å². The summed E-state index contributed by atoms with van der Waals surface area (Å²) in [5.41, 5.74) is 0.621. The number of halogens is 2. The van der Waals surface area contributed by atoms with Gasteiger partial charge in [-0.2, -0.15) is 0 Å². The summed E-state index contributed by atoms with van der Waals surface area (Å²) in [4.78, 5) is 13.8. The van der Waals surface area contributed by atoms with Gasteiger partial charge in [0.1, 0.15) is 0 Å². The number of carbonyl (C=O) groups excluding carboxylic acids is 1. The summed E-state index contributed by atoms with van der Waals surface area (Å²) in [6.45, 7) is 8.60. The van der Waals surface area contributed by atoms with Crippen LogP contribution >= 0.6 is 23.2 Å². The van der Waals surface area contributed by atoms with Crippen LogP contribution in [0.3, 0.4) is 0 Å². The predicted molar refractivity (Wildman–Crippen MR) is 88.2 cm³/mol. The maximum atomic E-state index is 12.4. The number of nitrogens with one attached hydrogen (secondary N) is 2. The van der Waals surface area contributed by atoms with Crippen LogP contribution in [0.15, 0.2) is 18.2 Å². The fraction of sp³-hybridized carbons (Fsp3) is 0.562. The van der Waals surface area contributed by atoms with Crippen molar-refractivity contribution in [3.8, 4) is 0 Å². The van der Waals surface area contributed by atoms with Crippen molar-refractivity contribution < 1.29 is 9.69 Å². The molecule has 4 atom stereocenters. The van der Waals surface area contributed by atoms with Crippen LogP contribution in [-0.4, -0.2) is 25.0 Å². The molecule has 1 saturated heterocycles. The molecule has 0 aliphatic carbocycles. The third-order valence-corrected chi connectivity index (χ3v) is 4.77. The molecule has 2 rings (SSSR count). The molecule has 21 heavy (non-hydrogen) atoms. The van der Waals surface area contributed by atoms with Gasteiger partial charge < -0.3 is 10.2 Å². The van der Waals surface area contributed by atoms with Crippen molar-refractivity contribution in [1.82, 2.24) is 0 Å². The molecule has 0 radical (unpaired) electrons. The minimum atomic E-state index is -0.0815. The molecular weight excluding hydrogens is 307 g/mol. The smallest absolute Gasteiger partial charge is 0.282 e. The van der Waals surface area contributed by atoms with Crippen LogP contribution in [0.2, 0.25) is 10.0 Å². The van der Waals surface area contributed by atoms with E-state index in [2.05, 4.69) is 19.2 Å². The molecule has 1 fully saturated rings. The molecule has 0 spiro atoms. The van der Waals surface area contributed by atoms with Crippen LogP contribution in [0.4, 0.5) is 5.69 Å². The summed E-state index contributed by atoms with van der Waals surface area (Å²) in [7, 11) is 0. The van der Waals surface area contributed by atoms with Crippen LogP contribution in [0, 0.1) is 11.8 Å². The van der Waals surface area contributed by atoms with E-state index in [-0.39, 0.29) is 11.9 Å². The van der Waals surface area contributed by atoms with E-state index in [4.69, 9.17) is 23.2 Å². The van der Waals surface area contributed by atoms with Crippen molar-refractivity contribution in [2.45, 2.75) is 33.2 Å². The standard InChI is InChI=1S/C16H22Cl2N2O/c1-10-6-11(2)9-20(8-10)12(3)16(21)19-15-5-4-13(17)7-14(15)18/h4-5,7,10-12H,6,8-9H2,1-3H3,(H,19,21)/p+1/t10-,11+,12-/m0/s1. The monoisotopic (exact) mass is 329 g/mol. The Bertz CT molecular complexity index is 511. The number of piperidine rings is 1. The summed E-state index contributed by atoms with van der Waals surface area (Å²) in [6, 6.07) is 5.03. The van der Waals surface area contributed by atoms with Gasteiger partial charge in [-0.05, 0) is 31.5 Å². The fourth-order valence-electron chi connectivity index (χ4n) is 3.20. The molecule has 1 heterocycles. The van der Waals surface area contributed by atoms with E-state index >= 15 is 0 Å². The first-order chi connectivity index (χ1) is 9.86. The van der Waals surface area contributed by atoms with E-state index in [9.17, 15) is 4.79 Å². The molecule has 1 aliphatic heterocycles. The lowest BCUT2D eigenvalue weighted by molar-refractivity contribution is -0.925. The quantitative estimate of drug-likeness (QED) is 0.878. The highest BCUT2D eigenvalue weighted by molar-refractivity contribution is 6.36. The Balaban J connectivity index is 2.02. The number of benzene rings is 1. The molecule has 116 valence electrons. The molecule has 1 amide bonds. The van der Waals surface area contributed by atoms with Gasteiger partial charge in [0, 0.05) is 16.9 Å². The number of anilines is 1. The second-order valence-corrected chi connectivity index (χ2v) is 7.19. The Morgan fingerprint density at radius 2 is 1.90 bits per heavy atom. The lowest BCUT2D eigenvalue weighted by Gasteiger charge is -2.35. The molecular formula is C16H23Cl2N2O+. The second-order valence-electron chi connectivity index (χ2n) is 6.35. The summed E-state index contributed by atoms with van der Waals surface area (Å²) in [5, 5.41) is 3.95. The van der Waals surface area contributed by atoms with Gasteiger partial charge in [0.25, 0.3) is 5.91 Å². The number of hydrogen-bond acceptors (Lipinski definition) is 1. The molecule has 1 aliphatic rings. The number of quaternary nitrogens is 1. The number of rotatable bonds is 3. The zero-order chi connectivity index (χ0) is 15.6. The van der Waals surface area contributed by atoms with Gasteiger partial charge in [0.2, 0.25) is 0 Å². The van der Waals surface area contributed by atoms with Crippen LogP contribution in [0.25, 0.3) is 0 Å². The average Bonchev–Trinajstić information content (AvgIpc) is 2.40. The Hall–Kier alpha value is -0.770. The second kappa shape index (κ2) is 6.99. The Kier molecular flexibility index (Phi) is 5.53. The SMILES string of the molecule is C[C@@H]1C[C@H](C)C[NH+]([C@@H](C)C(=O)Nc2ccc(Cl)cc2Cl)C1. The first kappa shape index (κ1) is 16.6. The molecule has 1 aromatic rings. The van der Waals surface area contributed by atoms with E-state index in [1.165, 1.54) is 11.3 Å². The summed E-state index contributed by atoms with van der Waals surface area (Å²) in [6.07, 6.45) is 1.25. The molecule has 0 aromatic heterocycles. The van der Waals surface area contributed by atoms with Gasteiger partial charge in [-0.25, -0.2) is 0 Å². The third kappa shape index (κ3) is 4.35. The van der Waals surface area contributed by atoms with Crippen molar-refractivity contribution in [3.05, 3.63) is 28.2 Å². The van der Waals surface area contributed by atoms with Crippen LogP contribution in [0.5, 0.6) is 0 Å². The molecule has 0 bridgehead atoms. The molecule has 3 nitrogen and oxygen atoms in total. The Morgan fingerprint density at radius 3 is 2.48 bits per heavy atom. The molecule has 0 saturated carbocycles. The lowest BCUT2D eigenvalue weighted by atomic mass is 9.91. The minimum absolute atomic E-state index is 0.00974. The van der Waals surface area contributed by atoms with Crippen molar-refractivity contribution in [2.24, 2.45) is 11.8 Å². The highest BCUT2D eigenvalue weighted by Crippen LogP contribution is 2.25. The van der Waals surface area contributed by atoms with Gasteiger partial charge >= 0.3 is 0 Å². The zero-order valence-corrected chi connectivity index (χ0v) is 14.3. The minimum Gasteiger partial charge on any atom is -0.324 e. The summed E-state index contributed by atoms with van der Waals surface area (Å²) in [5.74, 6) is 1.34. The van der Waals surface area contributed by atoms with Crippen LogP contribution < -0.4 is 10.2 Å². The van der Waals surface area contributed by atoms with E-state index in [0.29, 0.717) is 27.6 Å². The lowest BCUT2D eigenvalue weighted by Crippen LogP contribution is -3.18. The van der Waals surface area contributed by atoms with Gasteiger partial charge in [-0.3, -0.25) is 4.79 Å². The molecule has 5 heteroatoms. The van der Waals surface area contributed by atoms with Crippen molar-refractivity contribution in [1.29, 1.82) is 0 Å². The summed E-state index contributed by atoms with van der Waals surface area (Å²) < 4.78 is 0. The topological polar surface area (TPSA) is 33.5 Å². The number of carbonyl (C=O) groups is 1. The van der Waals surface area contributed by atoms with Gasteiger partial charge in [-0.1, -0.05) is 37.0 Å². The first-order valence-electron chi connectivity index (χ1n) is 7.47. The van der Waals surface area contributed by atoms with Crippen molar-refractivity contribution in [2.75, 3.05) is 18.4 Å². The van der Waals surface area contributed by atoms with Crippen LogP contribution in [0.1, 0.15) is 27.2 Å². The maximum absolute atomic E-state index is 12.4. The Morgan fingerprint density at radius 1 is 1.29 bits per heavy atom. The van der Waals surface area contributed by atoms with E-state index in [1.807, 2.05) is 6.92 Å². The fourth-order valence-corrected chi connectivity index (χ4v) is 3.66. The Labute approximate surface area is 136 Å². The van der Waals surface area contributed by atoms with E-state index in [0.717, 1.165) is 13.1 Å². The molecule has 1 aromatic carbocycles. The number of amides is 1. The maximum Gasteiger partial charge on any atom is 0.282 e. The number of hydrogen-bond donors (Lipinski definition) is 2. The summed E-state index contributed by atoms with van der Waals surface area (Å²) >= 11 is 12.0. The number of likely N-dealkylation sites (tertiary alicyclic amines) is 1. The molecule has 1 unspecified atom stereocenters. The van der Waals surface area contributed by atoms with Crippen molar-refractivity contribution >= 4 is 34.8 Å². The van der Waals surface area contributed by atoms with Gasteiger partial charge in [0.05, 0.1) is 23.8 Å². The zero-order valence-electron chi connectivity index (χ0n) is 12.7. The van der Waals surface area contributed by atoms with Crippen molar-refractivity contribution in [3.63, 3.8) is 0 Å².